The lowest BCUT2D eigenvalue weighted by molar-refractivity contribution is 0.357. The van der Waals surface area contributed by atoms with Gasteiger partial charge in [0.25, 0.3) is 0 Å². The third kappa shape index (κ3) is 5.21. The number of aliphatic imine (C=N–C) groups is 1. The lowest BCUT2D eigenvalue weighted by Gasteiger charge is -2.44. The molecule has 1 heterocycles. The molecule has 0 bridgehead atoms. The van der Waals surface area contributed by atoms with Crippen LogP contribution in [0.2, 0.25) is 0 Å². The molecule has 0 radical (unpaired) electrons. The minimum absolute atomic E-state index is 0.388. The van der Waals surface area contributed by atoms with Gasteiger partial charge < -0.3 is 15.0 Å². The molecule has 1 fully saturated rings. The molecule has 5 rings (SSSR count). The molecule has 2 atom stereocenters. The number of aromatic amines is 2. The zero-order valence-corrected chi connectivity index (χ0v) is 20.9. The van der Waals surface area contributed by atoms with Crippen molar-refractivity contribution in [3.8, 4) is 11.4 Å². The molecule has 178 valence electrons. The lowest BCUT2D eigenvalue weighted by Crippen LogP contribution is -2.52. The second-order valence-corrected chi connectivity index (χ2v) is 9.21. The summed E-state index contributed by atoms with van der Waals surface area (Å²) in [4.78, 5) is 6.80. The van der Waals surface area contributed by atoms with Gasteiger partial charge >= 0.3 is 0 Å². The van der Waals surface area contributed by atoms with E-state index in [2.05, 4.69) is 62.8 Å². The second-order valence-electron chi connectivity index (χ2n) is 8.44. The van der Waals surface area contributed by atoms with Crippen LogP contribution in [0.1, 0.15) is 12.8 Å². The maximum absolute atomic E-state index is 5.80. The average Bonchev–Trinajstić information content (AvgIpc) is 3.20. The van der Waals surface area contributed by atoms with Gasteiger partial charge in [0.1, 0.15) is 5.75 Å². The Morgan fingerprint density at radius 3 is 2.49 bits per heavy atom. The monoisotopic (exact) mass is 502 g/mol. The normalized spacial score (nSPS) is 17.2. The van der Waals surface area contributed by atoms with Crippen molar-refractivity contribution in [2.75, 3.05) is 17.3 Å². The second kappa shape index (κ2) is 10.3. The van der Waals surface area contributed by atoms with Crippen molar-refractivity contribution in [1.82, 2.24) is 14.8 Å². The molecule has 1 aliphatic rings. The Bertz CT molecular complexity index is 1410. The molecule has 0 saturated heterocycles. The van der Waals surface area contributed by atoms with E-state index >= 15 is 0 Å². The summed E-state index contributed by atoms with van der Waals surface area (Å²) in [5.41, 5.74) is 3.83. The Balaban J connectivity index is 1.22. The van der Waals surface area contributed by atoms with E-state index in [0.29, 0.717) is 21.6 Å². The fourth-order valence-electron chi connectivity index (χ4n) is 4.25. The lowest BCUT2D eigenvalue weighted by atomic mass is 9.84. The summed E-state index contributed by atoms with van der Waals surface area (Å²) in [5, 5.41) is 9.35. The van der Waals surface area contributed by atoms with Gasteiger partial charge in [0.15, 0.2) is 15.9 Å². The molecule has 2 unspecified atom stereocenters. The third-order valence-electron chi connectivity index (χ3n) is 6.25. The van der Waals surface area contributed by atoms with Crippen LogP contribution >= 0.6 is 24.4 Å². The van der Waals surface area contributed by atoms with Gasteiger partial charge in [0.2, 0.25) is 0 Å². The summed E-state index contributed by atoms with van der Waals surface area (Å²) in [5.74, 6) is 0.720. The van der Waals surface area contributed by atoms with Gasteiger partial charge in [-0.2, -0.15) is 0 Å². The summed E-state index contributed by atoms with van der Waals surface area (Å²) in [6.07, 6.45) is 3.76. The minimum Gasteiger partial charge on any atom is -0.446 e. The molecular formula is C26H26N6OS2. The molecule has 1 aromatic heterocycles. The van der Waals surface area contributed by atoms with Crippen LogP contribution in [0, 0.1) is 9.54 Å². The van der Waals surface area contributed by atoms with E-state index in [9.17, 15) is 0 Å². The van der Waals surface area contributed by atoms with Crippen LogP contribution in [0.4, 0.5) is 17.1 Å². The van der Waals surface area contributed by atoms with Crippen LogP contribution in [-0.2, 0) is 0 Å². The van der Waals surface area contributed by atoms with Crippen LogP contribution in [0.5, 0.6) is 5.75 Å². The van der Waals surface area contributed by atoms with Gasteiger partial charge in [0, 0.05) is 36.6 Å². The van der Waals surface area contributed by atoms with E-state index in [0.717, 1.165) is 29.2 Å². The summed E-state index contributed by atoms with van der Waals surface area (Å²) in [6.45, 7) is 0. The van der Waals surface area contributed by atoms with Gasteiger partial charge in [-0.05, 0) is 79.7 Å². The van der Waals surface area contributed by atoms with Crippen LogP contribution in [0.3, 0.4) is 0 Å². The summed E-state index contributed by atoms with van der Waals surface area (Å²) in [6, 6.07) is 26.9. The van der Waals surface area contributed by atoms with Gasteiger partial charge in [-0.15, -0.1) is 0 Å². The van der Waals surface area contributed by atoms with Crippen molar-refractivity contribution in [2.45, 2.75) is 24.9 Å². The number of H-pyrrole nitrogens is 2. The van der Waals surface area contributed by atoms with Gasteiger partial charge in [-0.25, -0.2) is 4.99 Å². The van der Waals surface area contributed by atoms with E-state index in [1.54, 1.807) is 4.57 Å². The number of likely N-dealkylation sites (N-methyl/N-ethyl adjacent to an activating group) is 1. The fraction of sp³-hybridized carbons (Fsp3) is 0.192. The average molecular weight is 503 g/mol. The van der Waals surface area contributed by atoms with Crippen molar-refractivity contribution >= 4 is 47.9 Å². The van der Waals surface area contributed by atoms with Gasteiger partial charge in [0.05, 0.1) is 11.4 Å². The van der Waals surface area contributed by atoms with E-state index in [4.69, 9.17) is 29.2 Å². The van der Waals surface area contributed by atoms with Gasteiger partial charge in [-0.3, -0.25) is 14.8 Å². The molecule has 7 nitrogen and oxygen atoms in total. The molecule has 0 spiro atoms. The number of nitrogens with one attached hydrogen (secondary N) is 3. The highest BCUT2D eigenvalue weighted by Gasteiger charge is 2.34. The maximum Gasteiger partial charge on any atom is 0.198 e. The summed E-state index contributed by atoms with van der Waals surface area (Å²) >= 11 is 10.6. The van der Waals surface area contributed by atoms with Crippen LogP contribution in [0.15, 0.2) is 83.9 Å². The number of rotatable bonds is 8. The molecule has 4 aromatic rings. The summed E-state index contributed by atoms with van der Waals surface area (Å²) < 4.78 is 8.54. The van der Waals surface area contributed by atoms with Crippen LogP contribution in [-0.4, -0.2) is 40.3 Å². The summed E-state index contributed by atoms with van der Waals surface area (Å²) in [7, 11) is 2.16. The number of aromatic nitrogens is 3. The topological polar surface area (TPSA) is 73.4 Å². The van der Waals surface area contributed by atoms with Crippen molar-refractivity contribution < 1.29 is 4.74 Å². The Morgan fingerprint density at radius 1 is 0.971 bits per heavy atom. The highest BCUT2D eigenvalue weighted by atomic mass is 32.1. The van der Waals surface area contributed by atoms with Crippen molar-refractivity contribution in [3.63, 3.8) is 0 Å². The van der Waals surface area contributed by atoms with E-state index in [1.807, 2.05) is 48.5 Å². The smallest absolute Gasteiger partial charge is 0.198 e. The predicted octanol–water partition coefficient (Wildman–Crippen LogP) is 6.41. The number of hydrogen-bond acceptors (Lipinski definition) is 6. The molecule has 0 amide bonds. The number of anilines is 2. The fourth-order valence-corrected chi connectivity index (χ4v) is 4.80. The highest BCUT2D eigenvalue weighted by Crippen LogP contribution is 2.32. The van der Waals surface area contributed by atoms with Crippen molar-refractivity contribution in [2.24, 2.45) is 4.99 Å². The first-order chi connectivity index (χ1) is 17.1. The molecule has 1 saturated carbocycles. The number of para-hydroxylation sites is 1. The first kappa shape index (κ1) is 23.1. The number of benzene rings is 3. The zero-order chi connectivity index (χ0) is 24.2. The van der Waals surface area contributed by atoms with E-state index in [1.165, 1.54) is 18.5 Å². The first-order valence-electron chi connectivity index (χ1n) is 11.4. The number of ether oxygens (including phenoxy) is 1. The SMILES string of the molecule is CN(c1ccccc1)C1CCC1Nc1cccc(OC=Nc2cccc(-n3c(=S)[nH][nH]c3=S)c2)c1. The molecule has 3 aromatic carbocycles. The molecule has 35 heavy (non-hydrogen) atoms. The zero-order valence-electron chi connectivity index (χ0n) is 19.2. The molecule has 0 aliphatic heterocycles. The molecule has 9 heteroatoms. The van der Waals surface area contributed by atoms with E-state index < -0.39 is 0 Å². The Morgan fingerprint density at radius 2 is 1.74 bits per heavy atom. The third-order valence-corrected chi connectivity index (χ3v) is 6.82. The minimum atomic E-state index is 0.388. The number of nitrogens with zero attached hydrogens (tertiary/aromatic N) is 3. The molecule has 1 aliphatic carbocycles. The van der Waals surface area contributed by atoms with Crippen LogP contribution < -0.4 is 15.0 Å². The largest absolute Gasteiger partial charge is 0.446 e. The van der Waals surface area contributed by atoms with Gasteiger partial charge in [-0.1, -0.05) is 30.3 Å². The van der Waals surface area contributed by atoms with Crippen LogP contribution in [0.25, 0.3) is 5.69 Å². The maximum atomic E-state index is 5.80. The quantitative estimate of drug-likeness (QED) is 0.147. The standard InChI is InChI=1S/C26H26N6OS2/c1-31(20-9-3-2-4-10-20)24-14-13-23(24)28-19-8-6-12-22(16-19)33-17-27-18-7-5-11-21(15-18)32-25(34)29-30-26(32)35/h2-12,15-17,23-24,28H,13-14H2,1H3,(H,29,34)(H,30,35). The predicted molar refractivity (Wildman–Crippen MR) is 147 cm³/mol. The van der Waals surface area contributed by atoms with Crippen molar-refractivity contribution in [1.29, 1.82) is 0 Å². The Kier molecular flexibility index (Phi) is 6.78. The van der Waals surface area contributed by atoms with E-state index in [-0.39, 0.29) is 0 Å². The Labute approximate surface area is 214 Å². The Hall–Kier alpha value is -3.69. The molecular weight excluding hydrogens is 476 g/mol. The number of hydrogen-bond donors (Lipinski definition) is 3. The first-order valence-corrected chi connectivity index (χ1v) is 12.2. The molecule has 3 N–H and O–H groups in total. The highest BCUT2D eigenvalue weighted by molar-refractivity contribution is 7.72. The van der Waals surface area contributed by atoms with Crippen molar-refractivity contribution in [3.05, 3.63) is 88.4 Å².